The normalized spacial score (nSPS) is 18.1. The van der Waals surface area contributed by atoms with Crippen LogP contribution in [0.3, 0.4) is 0 Å². The summed E-state index contributed by atoms with van der Waals surface area (Å²) in [5.74, 6) is 0. The third-order valence-electron chi connectivity index (χ3n) is 3.29. The van der Waals surface area contributed by atoms with Gasteiger partial charge in [-0.1, -0.05) is 18.2 Å². The van der Waals surface area contributed by atoms with Crippen molar-refractivity contribution in [2.75, 3.05) is 0 Å². The molecular formula is C9H17B3Cl3N3Si. The molecule has 0 aromatic heterocycles. The highest BCUT2D eigenvalue weighted by Gasteiger charge is 2.49. The van der Waals surface area contributed by atoms with Gasteiger partial charge in [0.2, 0.25) is 0 Å². The molecular weight excluding hydrogens is 317 g/mol. The predicted octanol–water partition coefficient (Wildman–Crippen LogP) is 2.56. The Balaban J connectivity index is 3.04. The molecule has 1 fully saturated rings. The largest absolute Gasteiger partial charge is 0.411 e. The monoisotopic (exact) mass is 333 g/mol. The summed E-state index contributed by atoms with van der Waals surface area (Å²) in [5.41, 5.74) is 0. The lowest BCUT2D eigenvalue weighted by atomic mass is 9.82. The van der Waals surface area contributed by atoms with Crippen molar-refractivity contribution >= 4 is 63.3 Å². The van der Waals surface area contributed by atoms with Crippen LogP contribution < -0.4 is 5.14 Å². The van der Waals surface area contributed by atoms with Crippen molar-refractivity contribution in [3.05, 3.63) is 38.0 Å². The standard InChI is InChI=1S/C9H17B3Cl3N3Si/c1-4-7-19(8-5-2,9-6-3)17-10-16-11(13)18(15)12(17)14/h4-6,10,16H,1-3,7-9H2. The van der Waals surface area contributed by atoms with Gasteiger partial charge in [-0.3, -0.25) is 0 Å². The van der Waals surface area contributed by atoms with Crippen molar-refractivity contribution in [3.8, 4) is 0 Å². The van der Waals surface area contributed by atoms with Crippen molar-refractivity contribution in [3.63, 3.8) is 0 Å². The number of allylic oxidation sites excluding steroid dienone is 3. The zero-order valence-electron chi connectivity index (χ0n) is 10.9. The van der Waals surface area contributed by atoms with E-state index in [0.717, 1.165) is 18.1 Å². The van der Waals surface area contributed by atoms with Gasteiger partial charge in [-0.2, -0.15) is 0 Å². The maximum Gasteiger partial charge on any atom is 0.411 e. The van der Waals surface area contributed by atoms with Gasteiger partial charge < -0.3 is 9.53 Å². The third-order valence-corrected chi connectivity index (χ3v) is 9.61. The van der Waals surface area contributed by atoms with Crippen LogP contribution in [-0.4, -0.2) is 37.2 Å². The highest BCUT2D eigenvalue weighted by Crippen LogP contribution is 2.31. The smallest absolute Gasteiger partial charge is 0.367 e. The molecule has 0 aromatic rings. The van der Waals surface area contributed by atoms with Crippen LogP contribution in [0.2, 0.25) is 18.1 Å². The Labute approximate surface area is 133 Å². The molecule has 0 radical (unpaired) electrons. The summed E-state index contributed by atoms with van der Waals surface area (Å²) in [6.45, 7) is 11.6. The summed E-state index contributed by atoms with van der Waals surface area (Å²) in [7, 11) is -1.32. The maximum absolute atomic E-state index is 6.45. The van der Waals surface area contributed by atoms with E-state index in [1.807, 2.05) is 18.2 Å². The van der Waals surface area contributed by atoms with Crippen LogP contribution in [0, 0.1) is 0 Å². The Kier molecular flexibility index (Phi) is 7.32. The second-order valence-electron chi connectivity index (χ2n) is 4.53. The fraction of sp³-hybridized carbons (Fsp3) is 0.333. The molecule has 1 heterocycles. The highest BCUT2D eigenvalue weighted by molar-refractivity contribution is 7.23. The molecule has 1 aliphatic heterocycles. The SMILES string of the molecule is C=CC[Si](CC=C)(CC=C)N1BNB(Cl)N(Cl)B1Cl. The summed E-state index contributed by atoms with van der Waals surface area (Å²) < 4.78 is 3.59. The van der Waals surface area contributed by atoms with E-state index in [9.17, 15) is 0 Å². The molecule has 0 atom stereocenters. The number of rotatable bonds is 7. The van der Waals surface area contributed by atoms with E-state index in [2.05, 4.69) is 29.3 Å². The number of nitrogens with one attached hydrogen (secondary N) is 1. The molecule has 1 rings (SSSR count). The summed E-state index contributed by atoms with van der Waals surface area (Å²) in [6, 6.07) is 2.69. The second-order valence-corrected chi connectivity index (χ2v) is 9.97. The predicted molar refractivity (Wildman–Crippen MR) is 93.8 cm³/mol. The van der Waals surface area contributed by atoms with E-state index < -0.39 is 21.0 Å². The van der Waals surface area contributed by atoms with Crippen molar-refractivity contribution in [2.24, 2.45) is 0 Å². The van der Waals surface area contributed by atoms with E-state index in [-0.39, 0.29) is 0 Å². The number of hydrogen-bond donors (Lipinski definition) is 1. The zero-order valence-corrected chi connectivity index (χ0v) is 14.1. The Morgan fingerprint density at radius 1 is 1.11 bits per heavy atom. The lowest BCUT2D eigenvalue weighted by molar-refractivity contribution is 0.834. The van der Waals surface area contributed by atoms with Gasteiger partial charge in [0, 0.05) is 0 Å². The van der Waals surface area contributed by atoms with Crippen LogP contribution in [0.1, 0.15) is 0 Å². The summed E-state index contributed by atoms with van der Waals surface area (Å²) >= 11 is 18.6. The first-order chi connectivity index (χ1) is 9.02. The first kappa shape index (κ1) is 17.4. The molecule has 1 N–H and O–H groups in total. The van der Waals surface area contributed by atoms with Gasteiger partial charge in [-0.05, 0) is 29.9 Å². The number of nitrogens with zero attached hydrogens (tertiary/aromatic N) is 2. The minimum Gasteiger partial charge on any atom is -0.367 e. The second kappa shape index (κ2) is 7.98. The molecule has 0 unspecified atom stereocenters. The van der Waals surface area contributed by atoms with Crippen LogP contribution >= 0.6 is 34.7 Å². The summed E-state index contributed by atoms with van der Waals surface area (Å²) in [5, 5.41) is 3.13. The minimum atomic E-state index is -1.93. The summed E-state index contributed by atoms with van der Waals surface area (Å²) in [4.78, 5) is 0. The molecule has 1 saturated heterocycles. The molecule has 3 nitrogen and oxygen atoms in total. The Hall–Kier alpha value is 0.382. The van der Waals surface area contributed by atoms with Gasteiger partial charge in [-0.15, -0.1) is 42.7 Å². The minimum absolute atomic E-state index is 0.447. The van der Waals surface area contributed by atoms with Gasteiger partial charge in [0.1, 0.15) is 8.24 Å². The van der Waals surface area contributed by atoms with E-state index in [4.69, 9.17) is 34.7 Å². The first-order valence-corrected chi connectivity index (χ1v) is 9.85. The lowest BCUT2D eigenvalue weighted by Crippen LogP contribution is -2.73. The van der Waals surface area contributed by atoms with E-state index >= 15 is 0 Å². The molecule has 0 aromatic carbocycles. The van der Waals surface area contributed by atoms with Crippen LogP contribution in [0.25, 0.3) is 0 Å². The quantitative estimate of drug-likeness (QED) is 0.439. The van der Waals surface area contributed by atoms with Gasteiger partial charge in [0.15, 0.2) is 0 Å². The molecule has 0 aliphatic carbocycles. The van der Waals surface area contributed by atoms with Crippen molar-refractivity contribution in [2.45, 2.75) is 18.1 Å². The number of halogens is 3. The van der Waals surface area contributed by atoms with Crippen LogP contribution in [0.4, 0.5) is 0 Å². The third kappa shape index (κ3) is 3.94. The van der Waals surface area contributed by atoms with Gasteiger partial charge >= 0.3 is 12.8 Å². The van der Waals surface area contributed by atoms with E-state index in [0.29, 0.717) is 7.55 Å². The molecule has 0 amide bonds. The molecule has 0 spiro atoms. The van der Waals surface area contributed by atoms with Crippen LogP contribution in [-0.2, 0) is 0 Å². The fourth-order valence-electron chi connectivity index (χ4n) is 2.38. The van der Waals surface area contributed by atoms with Gasteiger partial charge in [0.05, 0.1) is 0 Å². The Morgan fingerprint density at radius 3 is 2.00 bits per heavy atom. The molecule has 19 heavy (non-hydrogen) atoms. The average molecular weight is 334 g/mol. The topological polar surface area (TPSA) is 18.5 Å². The van der Waals surface area contributed by atoms with Crippen LogP contribution in [0.5, 0.6) is 0 Å². The van der Waals surface area contributed by atoms with Crippen LogP contribution in [0.15, 0.2) is 38.0 Å². The molecule has 0 bridgehead atoms. The van der Waals surface area contributed by atoms with Crippen molar-refractivity contribution in [1.82, 2.24) is 13.8 Å². The number of hydrogen-bond acceptors (Lipinski definition) is 3. The maximum atomic E-state index is 6.45. The zero-order chi connectivity index (χ0) is 14.5. The van der Waals surface area contributed by atoms with Crippen molar-refractivity contribution in [1.29, 1.82) is 0 Å². The van der Waals surface area contributed by atoms with Gasteiger partial charge in [0.25, 0.3) is 7.55 Å². The Morgan fingerprint density at radius 2 is 1.58 bits per heavy atom. The highest BCUT2D eigenvalue weighted by atomic mass is 35.5. The first-order valence-electron chi connectivity index (χ1n) is 6.07. The lowest BCUT2D eigenvalue weighted by Gasteiger charge is -2.47. The average Bonchev–Trinajstić information content (AvgIpc) is 2.37. The van der Waals surface area contributed by atoms with Gasteiger partial charge in [-0.25, -0.2) is 4.24 Å². The van der Waals surface area contributed by atoms with E-state index in [1.54, 1.807) is 0 Å². The van der Waals surface area contributed by atoms with Crippen molar-refractivity contribution < 1.29 is 0 Å². The molecule has 1 aliphatic rings. The molecule has 102 valence electrons. The summed E-state index contributed by atoms with van der Waals surface area (Å²) in [6.07, 6.45) is 4.90. The Bertz CT molecular complexity index is 323. The van der Waals surface area contributed by atoms with E-state index in [1.165, 1.54) is 4.24 Å². The molecule has 10 heteroatoms. The molecule has 0 saturated carbocycles. The fourth-order valence-corrected chi connectivity index (χ4v) is 7.48.